The SMILES string of the molecule is CCn1c(C)nnc1CC1(C(=O)O)CCCC1. The lowest BCUT2D eigenvalue weighted by molar-refractivity contribution is -0.148. The number of carboxylic acids is 1. The van der Waals surface area contributed by atoms with E-state index in [1.165, 1.54) is 0 Å². The lowest BCUT2D eigenvalue weighted by Gasteiger charge is -2.23. The maximum absolute atomic E-state index is 11.5. The molecule has 1 heterocycles. The third kappa shape index (κ3) is 2.06. The van der Waals surface area contributed by atoms with Crippen molar-refractivity contribution in [2.75, 3.05) is 0 Å². The summed E-state index contributed by atoms with van der Waals surface area (Å²) < 4.78 is 2.00. The molecular formula is C12H19N3O2. The second-order valence-electron chi connectivity index (χ2n) is 4.88. The molecule has 1 aromatic heterocycles. The van der Waals surface area contributed by atoms with Crippen LogP contribution in [0.5, 0.6) is 0 Å². The van der Waals surface area contributed by atoms with Crippen molar-refractivity contribution in [1.29, 1.82) is 0 Å². The number of rotatable bonds is 4. The van der Waals surface area contributed by atoms with Crippen molar-refractivity contribution in [1.82, 2.24) is 14.8 Å². The summed E-state index contributed by atoms with van der Waals surface area (Å²) in [6.07, 6.45) is 4.05. The Labute approximate surface area is 101 Å². The smallest absolute Gasteiger partial charge is 0.310 e. The zero-order chi connectivity index (χ0) is 12.5. The fourth-order valence-corrected chi connectivity index (χ4v) is 2.79. The Balaban J connectivity index is 2.26. The Kier molecular flexibility index (Phi) is 3.17. The first-order chi connectivity index (χ1) is 8.09. The minimum Gasteiger partial charge on any atom is -0.481 e. The summed E-state index contributed by atoms with van der Waals surface area (Å²) >= 11 is 0. The van der Waals surface area contributed by atoms with Gasteiger partial charge in [-0.25, -0.2) is 0 Å². The van der Waals surface area contributed by atoms with Crippen LogP contribution in [0.25, 0.3) is 0 Å². The van der Waals surface area contributed by atoms with Gasteiger partial charge in [-0.3, -0.25) is 4.79 Å². The largest absolute Gasteiger partial charge is 0.481 e. The highest BCUT2D eigenvalue weighted by atomic mass is 16.4. The first-order valence-corrected chi connectivity index (χ1v) is 6.21. The van der Waals surface area contributed by atoms with Crippen LogP contribution < -0.4 is 0 Å². The third-order valence-corrected chi connectivity index (χ3v) is 3.84. The molecule has 0 radical (unpaired) electrons. The summed E-state index contributed by atoms with van der Waals surface area (Å²) in [6, 6.07) is 0. The van der Waals surface area contributed by atoms with Gasteiger partial charge in [0.1, 0.15) is 11.6 Å². The standard InChI is InChI=1S/C12H19N3O2/c1-3-15-9(2)13-14-10(15)8-12(11(16)17)6-4-5-7-12/h3-8H2,1-2H3,(H,16,17). The molecule has 0 unspecified atom stereocenters. The predicted molar refractivity (Wildman–Crippen MR) is 62.7 cm³/mol. The fourth-order valence-electron chi connectivity index (χ4n) is 2.79. The van der Waals surface area contributed by atoms with Crippen LogP contribution >= 0.6 is 0 Å². The van der Waals surface area contributed by atoms with Crippen LogP contribution in [-0.4, -0.2) is 25.8 Å². The lowest BCUT2D eigenvalue weighted by Crippen LogP contribution is -2.31. The van der Waals surface area contributed by atoms with Gasteiger partial charge < -0.3 is 9.67 Å². The molecule has 0 saturated heterocycles. The Morgan fingerprint density at radius 3 is 2.59 bits per heavy atom. The summed E-state index contributed by atoms with van der Waals surface area (Å²) in [7, 11) is 0. The fraction of sp³-hybridized carbons (Fsp3) is 0.750. The number of aromatic nitrogens is 3. The Morgan fingerprint density at radius 2 is 2.06 bits per heavy atom. The van der Waals surface area contributed by atoms with Crippen molar-refractivity contribution in [2.45, 2.75) is 52.5 Å². The van der Waals surface area contributed by atoms with Crippen LogP contribution in [0, 0.1) is 12.3 Å². The van der Waals surface area contributed by atoms with E-state index in [9.17, 15) is 9.90 Å². The number of carbonyl (C=O) groups is 1. The second kappa shape index (κ2) is 4.47. The maximum atomic E-state index is 11.5. The van der Waals surface area contributed by atoms with E-state index in [0.29, 0.717) is 6.42 Å². The molecule has 1 aliphatic carbocycles. The third-order valence-electron chi connectivity index (χ3n) is 3.84. The van der Waals surface area contributed by atoms with Crippen LogP contribution in [0.4, 0.5) is 0 Å². The molecule has 5 nitrogen and oxygen atoms in total. The molecule has 1 N–H and O–H groups in total. The van der Waals surface area contributed by atoms with Gasteiger partial charge in [0.05, 0.1) is 5.41 Å². The van der Waals surface area contributed by atoms with E-state index in [1.807, 2.05) is 18.4 Å². The Hall–Kier alpha value is -1.39. The Morgan fingerprint density at radius 1 is 1.41 bits per heavy atom. The van der Waals surface area contributed by atoms with E-state index < -0.39 is 11.4 Å². The van der Waals surface area contributed by atoms with Crippen LogP contribution in [-0.2, 0) is 17.8 Å². The summed E-state index contributed by atoms with van der Waals surface area (Å²) in [5, 5.41) is 17.6. The molecular weight excluding hydrogens is 218 g/mol. The highest BCUT2D eigenvalue weighted by molar-refractivity contribution is 5.75. The van der Waals surface area contributed by atoms with E-state index in [2.05, 4.69) is 10.2 Å². The zero-order valence-corrected chi connectivity index (χ0v) is 10.4. The lowest BCUT2D eigenvalue weighted by atomic mass is 9.82. The number of carboxylic acid groups (broad SMARTS) is 1. The van der Waals surface area contributed by atoms with Gasteiger partial charge in [0, 0.05) is 13.0 Å². The summed E-state index contributed by atoms with van der Waals surface area (Å²) in [5.74, 6) is 0.994. The number of aryl methyl sites for hydroxylation is 1. The molecule has 2 rings (SSSR count). The number of nitrogens with zero attached hydrogens (tertiary/aromatic N) is 3. The average molecular weight is 237 g/mol. The van der Waals surface area contributed by atoms with Crippen LogP contribution in [0.3, 0.4) is 0 Å². The van der Waals surface area contributed by atoms with Crippen molar-refractivity contribution in [3.8, 4) is 0 Å². The predicted octanol–water partition coefficient (Wildman–Crippen LogP) is 1.79. The van der Waals surface area contributed by atoms with Crippen molar-refractivity contribution < 1.29 is 9.90 Å². The molecule has 0 aliphatic heterocycles. The number of hydrogen-bond acceptors (Lipinski definition) is 3. The van der Waals surface area contributed by atoms with Gasteiger partial charge in [0.15, 0.2) is 0 Å². The van der Waals surface area contributed by atoms with E-state index in [0.717, 1.165) is 43.9 Å². The van der Waals surface area contributed by atoms with Gasteiger partial charge in [-0.1, -0.05) is 12.8 Å². The van der Waals surface area contributed by atoms with E-state index in [-0.39, 0.29) is 0 Å². The molecule has 0 amide bonds. The van der Waals surface area contributed by atoms with Crippen LogP contribution in [0.15, 0.2) is 0 Å². The monoisotopic (exact) mass is 237 g/mol. The molecule has 1 saturated carbocycles. The maximum Gasteiger partial charge on any atom is 0.310 e. The average Bonchev–Trinajstić information content (AvgIpc) is 2.88. The summed E-state index contributed by atoms with van der Waals surface area (Å²) in [5.41, 5.74) is -0.605. The highest BCUT2D eigenvalue weighted by Crippen LogP contribution is 2.40. The molecule has 5 heteroatoms. The van der Waals surface area contributed by atoms with Crippen molar-refractivity contribution in [3.05, 3.63) is 11.6 Å². The van der Waals surface area contributed by atoms with Gasteiger partial charge in [-0.2, -0.15) is 0 Å². The highest BCUT2D eigenvalue weighted by Gasteiger charge is 2.42. The van der Waals surface area contributed by atoms with Crippen molar-refractivity contribution in [3.63, 3.8) is 0 Å². The molecule has 1 aromatic rings. The molecule has 0 aromatic carbocycles. The van der Waals surface area contributed by atoms with Crippen LogP contribution in [0.1, 0.15) is 44.3 Å². The molecule has 17 heavy (non-hydrogen) atoms. The summed E-state index contributed by atoms with van der Waals surface area (Å²) in [6.45, 7) is 4.73. The minimum absolute atomic E-state index is 0.511. The zero-order valence-electron chi connectivity index (χ0n) is 10.4. The van der Waals surface area contributed by atoms with Crippen molar-refractivity contribution in [2.24, 2.45) is 5.41 Å². The first-order valence-electron chi connectivity index (χ1n) is 6.21. The minimum atomic E-state index is -0.682. The number of aliphatic carboxylic acids is 1. The quantitative estimate of drug-likeness (QED) is 0.867. The normalized spacial score (nSPS) is 18.5. The first kappa shape index (κ1) is 12.1. The Bertz CT molecular complexity index is 419. The van der Waals surface area contributed by atoms with Crippen LogP contribution in [0.2, 0.25) is 0 Å². The second-order valence-corrected chi connectivity index (χ2v) is 4.88. The molecule has 0 bridgehead atoms. The van der Waals surface area contributed by atoms with E-state index >= 15 is 0 Å². The topological polar surface area (TPSA) is 68.0 Å². The number of hydrogen-bond donors (Lipinski definition) is 1. The van der Waals surface area contributed by atoms with Gasteiger partial charge in [-0.15, -0.1) is 10.2 Å². The summed E-state index contributed by atoms with van der Waals surface area (Å²) in [4.78, 5) is 11.5. The van der Waals surface area contributed by atoms with Gasteiger partial charge in [0.25, 0.3) is 0 Å². The molecule has 1 fully saturated rings. The molecule has 0 spiro atoms. The van der Waals surface area contributed by atoms with E-state index in [1.54, 1.807) is 0 Å². The molecule has 1 aliphatic rings. The van der Waals surface area contributed by atoms with Gasteiger partial charge in [0.2, 0.25) is 0 Å². The van der Waals surface area contributed by atoms with Crippen molar-refractivity contribution >= 4 is 5.97 Å². The van der Waals surface area contributed by atoms with Gasteiger partial charge >= 0.3 is 5.97 Å². The molecule has 94 valence electrons. The molecule has 0 atom stereocenters. The van der Waals surface area contributed by atoms with Gasteiger partial charge in [-0.05, 0) is 26.7 Å². The van der Waals surface area contributed by atoms with E-state index in [4.69, 9.17) is 0 Å².